The van der Waals surface area contributed by atoms with Crippen LogP contribution < -0.4 is 15.1 Å². The molecule has 1 aliphatic heterocycles. The van der Waals surface area contributed by atoms with E-state index in [4.69, 9.17) is 5.11 Å². The number of para-hydroxylation sites is 2. The topological polar surface area (TPSA) is 90.0 Å². The van der Waals surface area contributed by atoms with Gasteiger partial charge in [-0.2, -0.15) is 0 Å². The molecule has 7 heteroatoms. The average Bonchev–Trinajstić information content (AvgIpc) is 2.83. The number of hydrogen-bond donors (Lipinski definition) is 2. The minimum Gasteiger partial charge on any atom is -0.480 e. The molecule has 2 amide bonds. The number of carbonyl (C=O) groups excluding carboxylic acids is 2. The van der Waals surface area contributed by atoms with E-state index in [0.29, 0.717) is 17.7 Å². The van der Waals surface area contributed by atoms with E-state index in [0.717, 1.165) is 16.9 Å². The number of hydrogen-bond acceptors (Lipinski definition) is 4. The van der Waals surface area contributed by atoms with Gasteiger partial charge in [-0.1, -0.05) is 36.4 Å². The first kappa shape index (κ1) is 23.0. The second-order valence-electron chi connectivity index (χ2n) is 8.38. The Kier molecular flexibility index (Phi) is 6.63. The Labute approximate surface area is 198 Å². The molecule has 2 atom stereocenters. The van der Waals surface area contributed by atoms with E-state index in [1.807, 2.05) is 61.5 Å². The van der Waals surface area contributed by atoms with Crippen LogP contribution in [0.2, 0.25) is 0 Å². The summed E-state index contributed by atoms with van der Waals surface area (Å²) in [6.45, 7) is 3.37. The van der Waals surface area contributed by atoms with Crippen molar-refractivity contribution in [1.82, 2.24) is 0 Å². The third-order valence-corrected chi connectivity index (χ3v) is 6.04. The second-order valence-corrected chi connectivity index (χ2v) is 8.38. The van der Waals surface area contributed by atoms with Gasteiger partial charge in [-0.15, -0.1) is 0 Å². The fraction of sp³-hybridized carbons (Fsp3) is 0.222. The average molecular weight is 458 g/mol. The SMILES string of the molecule is CC(=O)N(c1ccccc1)[C@H]1C[C@@H](C)N(C(=O)c2ccc(NCC(=O)O)cc2)c2ccccc21. The molecular weight excluding hydrogens is 430 g/mol. The number of anilines is 3. The van der Waals surface area contributed by atoms with Gasteiger partial charge in [-0.25, -0.2) is 0 Å². The lowest BCUT2D eigenvalue weighted by atomic mass is 9.89. The van der Waals surface area contributed by atoms with Crippen molar-refractivity contribution < 1.29 is 19.5 Å². The largest absolute Gasteiger partial charge is 0.480 e. The Balaban J connectivity index is 1.67. The van der Waals surface area contributed by atoms with Crippen molar-refractivity contribution in [1.29, 1.82) is 0 Å². The second kappa shape index (κ2) is 9.79. The fourth-order valence-corrected chi connectivity index (χ4v) is 4.55. The molecule has 0 bridgehead atoms. The van der Waals surface area contributed by atoms with Crippen LogP contribution in [0.3, 0.4) is 0 Å². The van der Waals surface area contributed by atoms with E-state index < -0.39 is 5.97 Å². The molecule has 0 aliphatic carbocycles. The summed E-state index contributed by atoms with van der Waals surface area (Å²) < 4.78 is 0. The van der Waals surface area contributed by atoms with Crippen molar-refractivity contribution in [3.8, 4) is 0 Å². The van der Waals surface area contributed by atoms with Crippen molar-refractivity contribution in [2.45, 2.75) is 32.4 Å². The van der Waals surface area contributed by atoms with Crippen molar-refractivity contribution >= 4 is 34.8 Å². The number of carbonyl (C=O) groups is 3. The van der Waals surface area contributed by atoms with Crippen molar-refractivity contribution in [2.75, 3.05) is 21.7 Å². The number of nitrogens with one attached hydrogen (secondary N) is 1. The number of fused-ring (bicyclic) bond motifs is 1. The Hall–Kier alpha value is -4.13. The summed E-state index contributed by atoms with van der Waals surface area (Å²) in [4.78, 5) is 40.6. The van der Waals surface area contributed by atoms with Gasteiger partial charge < -0.3 is 20.2 Å². The van der Waals surface area contributed by atoms with E-state index in [2.05, 4.69) is 5.32 Å². The maximum atomic E-state index is 13.6. The number of carboxylic acids is 1. The third-order valence-electron chi connectivity index (χ3n) is 6.04. The Morgan fingerprint density at radius 2 is 1.62 bits per heavy atom. The molecule has 2 N–H and O–H groups in total. The molecule has 4 rings (SSSR count). The van der Waals surface area contributed by atoms with Crippen LogP contribution in [0.25, 0.3) is 0 Å². The quantitative estimate of drug-likeness (QED) is 0.559. The van der Waals surface area contributed by atoms with Gasteiger partial charge in [0.05, 0.1) is 6.04 Å². The van der Waals surface area contributed by atoms with Gasteiger partial charge in [0.1, 0.15) is 6.54 Å². The predicted octanol–water partition coefficient (Wildman–Crippen LogP) is 4.72. The third kappa shape index (κ3) is 4.64. The van der Waals surface area contributed by atoms with Crippen LogP contribution in [-0.2, 0) is 9.59 Å². The molecule has 0 radical (unpaired) electrons. The zero-order valence-corrected chi connectivity index (χ0v) is 19.1. The number of benzene rings is 3. The van der Waals surface area contributed by atoms with Crippen LogP contribution in [-0.4, -0.2) is 35.5 Å². The van der Waals surface area contributed by atoms with E-state index >= 15 is 0 Å². The molecule has 174 valence electrons. The summed E-state index contributed by atoms with van der Waals surface area (Å²) in [6, 6.07) is 23.7. The molecule has 0 aromatic heterocycles. The molecule has 1 heterocycles. The summed E-state index contributed by atoms with van der Waals surface area (Å²) in [6.07, 6.45) is 0.593. The lowest BCUT2D eigenvalue weighted by Crippen LogP contribution is -2.47. The van der Waals surface area contributed by atoms with Crippen molar-refractivity contribution in [3.05, 3.63) is 90.0 Å². The normalized spacial score (nSPS) is 16.9. The molecule has 0 unspecified atom stereocenters. The minimum atomic E-state index is -0.955. The van der Waals surface area contributed by atoms with Gasteiger partial charge in [0, 0.05) is 35.6 Å². The zero-order chi connectivity index (χ0) is 24.2. The van der Waals surface area contributed by atoms with Gasteiger partial charge in [0.15, 0.2) is 0 Å². The zero-order valence-electron chi connectivity index (χ0n) is 19.1. The highest BCUT2D eigenvalue weighted by molar-refractivity contribution is 6.07. The number of aliphatic carboxylic acids is 1. The molecule has 3 aromatic rings. The molecule has 3 aromatic carbocycles. The first-order chi connectivity index (χ1) is 16.4. The lowest BCUT2D eigenvalue weighted by molar-refractivity contribution is -0.135. The molecule has 7 nitrogen and oxygen atoms in total. The molecule has 0 saturated heterocycles. The summed E-state index contributed by atoms with van der Waals surface area (Å²) in [7, 11) is 0. The number of amides is 2. The van der Waals surface area contributed by atoms with Gasteiger partial charge in [0.2, 0.25) is 5.91 Å². The van der Waals surface area contributed by atoms with Crippen LogP contribution in [0.15, 0.2) is 78.9 Å². The van der Waals surface area contributed by atoms with Crippen LogP contribution in [0, 0.1) is 0 Å². The Morgan fingerprint density at radius 3 is 2.26 bits per heavy atom. The highest BCUT2D eigenvalue weighted by atomic mass is 16.4. The van der Waals surface area contributed by atoms with E-state index in [1.165, 1.54) is 0 Å². The maximum Gasteiger partial charge on any atom is 0.322 e. The Morgan fingerprint density at radius 1 is 0.971 bits per heavy atom. The first-order valence-corrected chi connectivity index (χ1v) is 11.2. The number of nitrogens with zero attached hydrogens (tertiary/aromatic N) is 2. The Bertz CT molecular complexity index is 1190. The van der Waals surface area contributed by atoms with Gasteiger partial charge >= 0.3 is 5.97 Å². The lowest BCUT2D eigenvalue weighted by Gasteiger charge is -2.43. The highest BCUT2D eigenvalue weighted by Gasteiger charge is 2.38. The minimum absolute atomic E-state index is 0.0533. The van der Waals surface area contributed by atoms with Gasteiger partial charge in [0.25, 0.3) is 5.91 Å². The summed E-state index contributed by atoms with van der Waals surface area (Å²) in [5.74, 6) is -1.15. The molecule has 0 saturated carbocycles. The molecular formula is C27H27N3O4. The summed E-state index contributed by atoms with van der Waals surface area (Å²) in [5.41, 5.74) is 3.67. The van der Waals surface area contributed by atoms with Crippen LogP contribution in [0.5, 0.6) is 0 Å². The molecule has 34 heavy (non-hydrogen) atoms. The molecule has 0 fully saturated rings. The predicted molar refractivity (Wildman–Crippen MR) is 132 cm³/mol. The summed E-state index contributed by atoms with van der Waals surface area (Å²) in [5, 5.41) is 11.6. The molecule has 1 aliphatic rings. The van der Waals surface area contributed by atoms with E-state index in [1.54, 1.807) is 41.0 Å². The first-order valence-electron chi connectivity index (χ1n) is 11.2. The highest BCUT2D eigenvalue weighted by Crippen LogP contribution is 2.42. The number of rotatable bonds is 6. The van der Waals surface area contributed by atoms with Gasteiger partial charge in [-0.3, -0.25) is 14.4 Å². The summed E-state index contributed by atoms with van der Waals surface area (Å²) >= 11 is 0. The van der Waals surface area contributed by atoms with Crippen LogP contribution in [0.4, 0.5) is 17.1 Å². The van der Waals surface area contributed by atoms with Gasteiger partial charge in [-0.05, 0) is 61.4 Å². The molecule has 0 spiro atoms. The van der Waals surface area contributed by atoms with Crippen LogP contribution >= 0.6 is 0 Å². The van der Waals surface area contributed by atoms with E-state index in [9.17, 15) is 14.4 Å². The standard InChI is InChI=1S/C27H27N3O4/c1-18-16-25(30(19(2)31)22-8-4-3-5-9-22)23-10-6-7-11-24(23)29(18)27(34)20-12-14-21(15-13-20)28-17-26(32)33/h3-15,18,25,28H,16-17H2,1-2H3,(H,32,33)/t18-,25+/m1/s1. The fourth-order valence-electron chi connectivity index (χ4n) is 4.55. The number of carboxylic acid groups (broad SMARTS) is 1. The van der Waals surface area contributed by atoms with Crippen molar-refractivity contribution in [2.24, 2.45) is 0 Å². The maximum absolute atomic E-state index is 13.6. The van der Waals surface area contributed by atoms with E-state index in [-0.39, 0.29) is 30.4 Å². The smallest absolute Gasteiger partial charge is 0.322 e. The van der Waals surface area contributed by atoms with Crippen molar-refractivity contribution in [3.63, 3.8) is 0 Å². The monoisotopic (exact) mass is 457 g/mol. The van der Waals surface area contributed by atoms with Crippen LogP contribution in [0.1, 0.15) is 42.2 Å².